The zero-order chi connectivity index (χ0) is 17.7. The lowest BCUT2D eigenvalue weighted by atomic mass is 10.0. The molecule has 1 saturated heterocycles. The van der Waals surface area contributed by atoms with Crippen molar-refractivity contribution in [3.8, 4) is 17.2 Å². The molecule has 1 atom stereocenters. The van der Waals surface area contributed by atoms with Gasteiger partial charge in [-0.05, 0) is 36.5 Å². The van der Waals surface area contributed by atoms with Crippen molar-refractivity contribution in [3.05, 3.63) is 17.7 Å². The van der Waals surface area contributed by atoms with Gasteiger partial charge in [-0.25, -0.2) is 0 Å². The van der Waals surface area contributed by atoms with Gasteiger partial charge in [-0.1, -0.05) is 6.92 Å². The van der Waals surface area contributed by atoms with Crippen molar-refractivity contribution < 1.29 is 22.6 Å². The minimum absolute atomic E-state index is 0.157. The van der Waals surface area contributed by atoms with Crippen LogP contribution in [0.25, 0.3) is 0 Å². The second kappa shape index (κ2) is 8.04. The summed E-state index contributed by atoms with van der Waals surface area (Å²) in [4.78, 5) is 0. The first-order chi connectivity index (χ1) is 11.4. The van der Waals surface area contributed by atoms with Crippen LogP contribution in [0.4, 0.5) is 0 Å². The second-order valence-electron chi connectivity index (χ2n) is 5.97. The molecular weight excluding hydrogens is 332 g/mol. The lowest BCUT2D eigenvalue weighted by Gasteiger charge is -2.30. The van der Waals surface area contributed by atoms with E-state index in [4.69, 9.17) is 14.2 Å². The first-order valence-electron chi connectivity index (χ1n) is 7.95. The van der Waals surface area contributed by atoms with E-state index in [1.54, 1.807) is 12.1 Å². The number of methoxy groups -OCH3 is 3. The van der Waals surface area contributed by atoms with Crippen molar-refractivity contribution >= 4 is 10.2 Å². The summed E-state index contributed by atoms with van der Waals surface area (Å²) in [5.74, 6) is 1.86. The Kier molecular flexibility index (Phi) is 6.31. The van der Waals surface area contributed by atoms with Gasteiger partial charge in [0.05, 0.1) is 21.3 Å². The van der Waals surface area contributed by atoms with Crippen LogP contribution in [-0.2, 0) is 16.8 Å². The number of nitrogens with one attached hydrogen (secondary N) is 1. The molecule has 0 aliphatic carbocycles. The molecule has 1 aliphatic rings. The maximum absolute atomic E-state index is 12.5. The summed E-state index contributed by atoms with van der Waals surface area (Å²) in [6.45, 7) is 3.35. The van der Waals surface area contributed by atoms with E-state index in [1.807, 2.05) is 0 Å². The number of rotatable bonds is 7. The lowest BCUT2D eigenvalue weighted by Crippen LogP contribution is -2.45. The molecule has 0 radical (unpaired) electrons. The monoisotopic (exact) mass is 358 g/mol. The zero-order valence-electron chi connectivity index (χ0n) is 14.7. The van der Waals surface area contributed by atoms with Crippen LogP contribution in [-0.4, -0.2) is 47.1 Å². The van der Waals surface area contributed by atoms with Crippen LogP contribution < -0.4 is 18.9 Å². The highest BCUT2D eigenvalue weighted by Gasteiger charge is 2.26. The molecule has 2 rings (SSSR count). The van der Waals surface area contributed by atoms with Gasteiger partial charge >= 0.3 is 0 Å². The van der Waals surface area contributed by atoms with Crippen LogP contribution in [0.1, 0.15) is 25.3 Å². The maximum atomic E-state index is 12.5. The van der Waals surface area contributed by atoms with Gasteiger partial charge in [0.15, 0.2) is 11.5 Å². The van der Waals surface area contributed by atoms with E-state index < -0.39 is 10.2 Å². The van der Waals surface area contributed by atoms with Gasteiger partial charge in [0, 0.05) is 19.6 Å². The minimum Gasteiger partial charge on any atom is -0.493 e. The summed E-state index contributed by atoms with van der Waals surface area (Å²) >= 11 is 0. The molecule has 136 valence electrons. The van der Waals surface area contributed by atoms with Crippen LogP contribution in [0.3, 0.4) is 0 Å². The van der Waals surface area contributed by atoms with Gasteiger partial charge in [0.25, 0.3) is 10.2 Å². The van der Waals surface area contributed by atoms with Crippen molar-refractivity contribution in [1.29, 1.82) is 0 Å². The Labute approximate surface area is 144 Å². The zero-order valence-corrected chi connectivity index (χ0v) is 15.5. The Morgan fingerprint density at radius 2 is 1.79 bits per heavy atom. The summed E-state index contributed by atoms with van der Waals surface area (Å²) in [6.07, 6.45) is 1.96. The van der Waals surface area contributed by atoms with Crippen LogP contribution in [0.5, 0.6) is 17.2 Å². The maximum Gasteiger partial charge on any atom is 0.279 e. The van der Waals surface area contributed by atoms with E-state index >= 15 is 0 Å². The van der Waals surface area contributed by atoms with Crippen molar-refractivity contribution in [2.45, 2.75) is 26.3 Å². The van der Waals surface area contributed by atoms with Crippen molar-refractivity contribution in [1.82, 2.24) is 9.03 Å². The number of ether oxygens (including phenoxy) is 3. The van der Waals surface area contributed by atoms with Gasteiger partial charge < -0.3 is 14.2 Å². The molecule has 0 amide bonds. The predicted molar refractivity (Wildman–Crippen MR) is 91.8 cm³/mol. The topological polar surface area (TPSA) is 77.1 Å². The molecule has 0 aromatic heterocycles. The third kappa shape index (κ3) is 4.31. The molecule has 1 heterocycles. The van der Waals surface area contributed by atoms with Gasteiger partial charge in [0.2, 0.25) is 5.75 Å². The smallest absolute Gasteiger partial charge is 0.279 e. The fraction of sp³-hybridized carbons (Fsp3) is 0.625. The molecular formula is C16H26N2O5S. The van der Waals surface area contributed by atoms with Gasteiger partial charge in [-0.3, -0.25) is 0 Å². The average Bonchev–Trinajstić information content (AvgIpc) is 2.59. The van der Waals surface area contributed by atoms with E-state index in [0.29, 0.717) is 36.3 Å². The summed E-state index contributed by atoms with van der Waals surface area (Å²) in [6, 6.07) is 3.48. The summed E-state index contributed by atoms with van der Waals surface area (Å²) < 4.78 is 44.9. The Hall–Kier alpha value is -1.51. The Morgan fingerprint density at radius 3 is 2.29 bits per heavy atom. The fourth-order valence-electron chi connectivity index (χ4n) is 2.87. The summed E-state index contributed by atoms with van der Waals surface area (Å²) in [5.41, 5.74) is 0.734. The van der Waals surface area contributed by atoms with Crippen molar-refractivity contribution in [3.63, 3.8) is 0 Å². The first kappa shape index (κ1) is 18.8. The SMILES string of the molecule is COc1cc(CNS(=O)(=O)N2CCCC(C)C2)cc(OC)c1OC. The van der Waals surface area contributed by atoms with E-state index in [9.17, 15) is 8.42 Å². The molecule has 1 N–H and O–H groups in total. The van der Waals surface area contributed by atoms with Crippen LogP contribution in [0.15, 0.2) is 12.1 Å². The second-order valence-corrected chi connectivity index (χ2v) is 7.72. The highest BCUT2D eigenvalue weighted by molar-refractivity contribution is 7.87. The summed E-state index contributed by atoms with van der Waals surface area (Å²) in [5, 5.41) is 0. The first-order valence-corrected chi connectivity index (χ1v) is 9.39. The molecule has 8 heteroatoms. The number of benzene rings is 1. The standard InChI is InChI=1S/C16H26N2O5S/c1-12-6-5-7-18(11-12)24(19,20)17-10-13-8-14(21-2)16(23-4)15(9-13)22-3/h8-9,12,17H,5-7,10-11H2,1-4H3. The van der Waals surface area contributed by atoms with E-state index in [2.05, 4.69) is 11.6 Å². The molecule has 0 saturated carbocycles. The van der Waals surface area contributed by atoms with E-state index in [0.717, 1.165) is 18.4 Å². The quantitative estimate of drug-likeness (QED) is 0.804. The molecule has 1 fully saturated rings. The Morgan fingerprint density at radius 1 is 1.17 bits per heavy atom. The van der Waals surface area contributed by atoms with Crippen LogP contribution in [0, 0.1) is 5.92 Å². The lowest BCUT2D eigenvalue weighted by molar-refractivity contribution is 0.278. The van der Waals surface area contributed by atoms with Crippen LogP contribution >= 0.6 is 0 Å². The molecule has 0 bridgehead atoms. The number of hydrogen-bond donors (Lipinski definition) is 1. The molecule has 1 aromatic rings. The number of nitrogens with zero attached hydrogens (tertiary/aromatic N) is 1. The fourth-order valence-corrected chi connectivity index (χ4v) is 4.22. The number of piperidine rings is 1. The van der Waals surface area contributed by atoms with E-state index in [1.165, 1.54) is 25.6 Å². The van der Waals surface area contributed by atoms with Crippen molar-refractivity contribution in [2.75, 3.05) is 34.4 Å². The molecule has 1 aliphatic heterocycles. The Bertz CT molecular complexity index is 637. The van der Waals surface area contributed by atoms with Gasteiger partial charge in [-0.2, -0.15) is 17.4 Å². The van der Waals surface area contributed by atoms with Gasteiger partial charge in [-0.15, -0.1) is 0 Å². The predicted octanol–water partition coefficient (Wildman–Crippen LogP) is 1.78. The molecule has 24 heavy (non-hydrogen) atoms. The minimum atomic E-state index is -3.50. The molecule has 1 aromatic carbocycles. The number of hydrogen-bond acceptors (Lipinski definition) is 5. The third-order valence-electron chi connectivity index (χ3n) is 4.14. The molecule has 0 spiro atoms. The highest BCUT2D eigenvalue weighted by Crippen LogP contribution is 2.38. The normalized spacial score (nSPS) is 19.1. The highest BCUT2D eigenvalue weighted by atomic mass is 32.2. The summed E-state index contributed by atoms with van der Waals surface area (Å²) in [7, 11) is 1.09. The Balaban J connectivity index is 2.13. The largest absolute Gasteiger partial charge is 0.493 e. The van der Waals surface area contributed by atoms with Gasteiger partial charge in [0.1, 0.15) is 0 Å². The average molecular weight is 358 g/mol. The van der Waals surface area contributed by atoms with Crippen LogP contribution in [0.2, 0.25) is 0 Å². The third-order valence-corrected chi connectivity index (χ3v) is 5.66. The van der Waals surface area contributed by atoms with Crippen molar-refractivity contribution in [2.24, 2.45) is 5.92 Å². The van der Waals surface area contributed by atoms with E-state index in [-0.39, 0.29) is 6.54 Å². The molecule has 7 nitrogen and oxygen atoms in total. The molecule has 1 unspecified atom stereocenters.